The molecular formula is C13H9BrO2S. The predicted molar refractivity (Wildman–Crippen MR) is 71.7 cm³/mol. The van der Waals surface area contributed by atoms with E-state index < -0.39 is 5.97 Å². The summed E-state index contributed by atoms with van der Waals surface area (Å²) in [6.07, 6.45) is 0. The highest BCUT2D eigenvalue weighted by atomic mass is 79.9. The van der Waals surface area contributed by atoms with E-state index in [0.29, 0.717) is 4.47 Å². The van der Waals surface area contributed by atoms with Crippen molar-refractivity contribution < 1.29 is 9.90 Å². The van der Waals surface area contributed by atoms with Gasteiger partial charge in [0.05, 0.1) is 5.56 Å². The lowest BCUT2D eigenvalue weighted by Gasteiger charge is -2.04. The Balaban J connectivity index is 2.24. The van der Waals surface area contributed by atoms with Crippen LogP contribution in [0.5, 0.6) is 0 Å². The highest BCUT2D eigenvalue weighted by Gasteiger charge is 2.08. The maximum atomic E-state index is 10.9. The van der Waals surface area contributed by atoms with Crippen LogP contribution < -0.4 is 0 Å². The summed E-state index contributed by atoms with van der Waals surface area (Å²) in [4.78, 5) is 13.0. The van der Waals surface area contributed by atoms with E-state index >= 15 is 0 Å². The third-order valence-corrected chi connectivity index (χ3v) is 3.80. The van der Waals surface area contributed by atoms with Gasteiger partial charge in [-0.3, -0.25) is 0 Å². The minimum Gasteiger partial charge on any atom is -0.478 e. The number of carboxylic acids is 1. The Bertz CT molecular complexity index is 540. The average molecular weight is 309 g/mol. The zero-order valence-corrected chi connectivity index (χ0v) is 11.2. The Morgan fingerprint density at radius 2 is 1.76 bits per heavy atom. The van der Waals surface area contributed by atoms with E-state index in [1.807, 2.05) is 42.5 Å². The number of halogens is 1. The lowest BCUT2D eigenvalue weighted by atomic mass is 10.2. The van der Waals surface area contributed by atoms with Crippen LogP contribution in [0, 0.1) is 0 Å². The van der Waals surface area contributed by atoms with E-state index in [0.717, 1.165) is 9.79 Å². The second-order valence-corrected chi connectivity index (χ2v) is 5.36. The predicted octanol–water partition coefficient (Wildman–Crippen LogP) is 4.30. The van der Waals surface area contributed by atoms with E-state index in [1.54, 1.807) is 17.8 Å². The SMILES string of the molecule is O=C(O)c1ccc(Sc2ccccc2)cc1Br. The van der Waals surface area contributed by atoms with Crippen LogP contribution in [-0.4, -0.2) is 11.1 Å². The van der Waals surface area contributed by atoms with Crippen LogP contribution in [0.15, 0.2) is 62.8 Å². The van der Waals surface area contributed by atoms with E-state index in [2.05, 4.69) is 15.9 Å². The smallest absolute Gasteiger partial charge is 0.336 e. The molecule has 0 atom stereocenters. The number of benzene rings is 2. The molecule has 0 amide bonds. The van der Waals surface area contributed by atoms with Crippen molar-refractivity contribution in [1.82, 2.24) is 0 Å². The van der Waals surface area contributed by atoms with Crippen LogP contribution >= 0.6 is 27.7 Å². The van der Waals surface area contributed by atoms with E-state index in [1.165, 1.54) is 0 Å². The summed E-state index contributed by atoms with van der Waals surface area (Å²) >= 11 is 4.87. The first-order valence-electron chi connectivity index (χ1n) is 4.92. The quantitative estimate of drug-likeness (QED) is 0.918. The molecule has 0 heterocycles. The second kappa shape index (κ2) is 5.38. The lowest BCUT2D eigenvalue weighted by molar-refractivity contribution is 0.0696. The molecule has 17 heavy (non-hydrogen) atoms. The third-order valence-electron chi connectivity index (χ3n) is 2.15. The highest BCUT2D eigenvalue weighted by Crippen LogP contribution is 2.30. The molecule has 2 aromatic rings. The van der Waals surface area contributed by atoms with Crippen LogP contribution in [0.4, 0.5) is 0 Å². The first-order chi connectivity index (χ1) is 8.16. The van der Waals surface area contributed by atoms with Crippen molar-refractivity contribution in [3.8, 4) is 0 Å². The van der Waals surface area contributed by atoms with Crippen molar-refractivity contribution in [3.05, 3.63) is 58.6 Å². The summed E-state index contributed by atoms with van der Waals surface area (Å²) in [6.45, 7) is 0. The number of hydrogen-bond donors (Lipinski definition) is 1. The zero-order valence-electron chi connectivity index (χ0n) is 8.76. The first kappa shape index (κ1) is 12.2. The molecule has 0 unspecified atom stereocenters. The molecule has 1 N–H and O–H groups in total. The summed E-state index contributed by atoms with van der Waals surface area (Å²) < 4.78 is 0.603. The molecule has 4 heteroatoms. The van der Waals surface area contributed by atoms with Gasteiger partial charge in [-0.2, -0.15) is 0 Å². The van der Waals surface area contributed by atoms with Gasteiger partial charge in [-0.1, -0.05) is 30.0 Å². The molecule has 0 bridgehead atoms. The van der Waals surface area contributed by atoms with Gasteiger partial charge in [-0.15, -0.1) is 0 Å². The van der Waals surface area contributed by atoms with Gasteiger partial charge < -0.3 is 5.11 Å². The fourth-order valence-electron chi connectivity index (χ4n) is 1.36. The maximum Gasteiger partial charge on any atom is 0.336 e. The van der Waals surface area contributed by atoms with Gasteiger partial charge in [-0.05, 0) is 46.3 Å². The van der Waals surface area contributed by atoms with E-state index in [4.69, 9.17) is 5.11 Å². The molecule has 2 rings (SSSR count). The van der Waals surface area contributed by atoms with Gasteiger partial charge in [0.2, 0.25) is 0 Å². The van der Waals surface area contributed by atoms with Gasteiger partial charge in [0.15, 0.2) is 0 Å². The number of carboxylic acid groups (broad SMARTS) is 1. The van der Waals surface area contributed by atoms with Crippen LogP contribution in [0.3, 0.4) is 0 Å². The molecule has 2 aromatic carbocycles. The van der Waals surface area contributed by atoms with Gasteiger partial charge >= 0.3 is 5.97 Å². The van der Waals surface area contributed by atoms with Crippen LogP contribution in [0.25, 0.3) is 0 Å². The number of rotatable bonds is 3. The monoisotopic (exact) mass is 308 g/mol. The Morgan fingerprint density at radius 1 is 1.06 bits per heavy atom. The Kier molecular flexibility index (Phi) is 3.86. The summed E-state index contributed by atoms with van der Waals surface area (Å²) in [5.41, 5.74) is 0.280. The molecule has 0 saturated heterocycles. The van der Waals surface area contributed by atoms with Crippen LogP contribution in [-0.2, 0) is 0 Å². The summed E-state index contributed by atoms with van der Waals surface area (Å²) in [6, 6.07) is 15.2. The molecule has 0 spiro atoms. The van der Waals surface area contributed by atoms with Crippen LogP contribution in [0.1, 0.15) is 10.4 Å². The summed E-state index contributed by atoms with van der Waals surface area (Å²) in [7, 11) is 0. The molecule has 0 aromatic heterocycles. The van der Waals surface area contributed by atoms with Gasteiger partial charge in [0, 0.05) is 14.3 Å². The third kappa shape index (κ3) is 3.11. The standard InChI is InChI=1S/C13H9BrO2S/c14-12-8-10(6-7-11(12)13(15)16)17-9-4-2-1-3-5-9/h1-8H,(H,15,16). The molecule has 0 aliphatic rings. The molecule has 0 aliphatic carbocycles. The van der Waals surface area contributed by atoms with Gasteiger partial charge in [0.25, 0.3) is 0 Å². The molecule has 0 radical (unpaired) electrons. The van der Waals surface area contributed by atoms with Crippen molar-refractivity contribution in [2.24, 2.45) is 0 Å². The average Bonchev–Trinajstić information content (AvgIpc) is 2.30. The first-order valence-corrected chi connectivity index (χ1v) is 6.53. The Morgan fingerprint density at radius 3 is 2.35 bits per heavy atom. The van der Waals surface area contributed by atoms with Crippen molar-refractivity contribution in [2.45, 2.75) is 9.79 Å². The lowest BCUT2D eigenvalue weighted by Crippen LogP contribution is -1.96. The van der Waals surface area contributed by atoms with Crippen LogP contribution in [0.2, 0.25) is 0 Å². The van der Waals surface area contributed by atoms with Crippen molar-refractivity contribution >= 4 is 33.7 Å². The minimum absolute atomic E-state index is 0.280. The van der Waals surface area contributed by atoms with Gasteiger partial charge in [-0.25, -0.2) is 4.79 Å². The zero-order chi connectivity index (χ0) is 12.3. The van der Waals surface area contributed by atoms with Crippen molar-refractivity contribution in [2.75, 3.05) is 0 Å². The molecule has 0 saturated carbocycles. The van der Waals surface area contributed by atoms with E-state index in [-0.39, 0.29) is 5.56 Å². The maximum absolute atomic E-state index is 10.9. The second-order valence-electron chi connectivity index (χ2n) is 3.36. The topological polar surface area (TPSA) is 37.3 Å². The number of hydrogen-bond acceptors (Lipinski definition) is 2. The summed E-state index contributed by atoms with van der Waals surface area (Å²) in [5.74, 6) is -0.923. The van der Waals surface area contributed by atoms with E-state index in [9.17, 15) is 4.79 Å². The fourth-order valence-corrected chi connectivity index (χ4v) is 2.94. The molecule has 86 valence electrons. The Labute approximate surface area is 112 Å². The molecule has 0 fully saturated rings. The Hall–Kier alpha value is -1.26. The molecule has 0 aliphatic heterocycles. The highest BCUT2D eigenvalue weighted by molar-refractivity contribution is 9.10. The number of carbonyl (C=O) groups is 1. The summed E-state index contributed by atoms with van der Waals surface area (Å²) in [5, 5.41) is 8.91. The minimum atomic E-state index is -0.923. The molecule has 2 nitrogen and oxygen atoms in total. The van der Waals surface area contributed by atoms with Crippen molar-refractivity contribution in [3.63, 3.8) is 0 Å². The number of aromatic carboxylic acids is 1. The normalized spacial score (nSPS) is 10.2. The molecular weight excluding hydrogens is 300 g/mol. The largest absolute Gasteiger partial charge is 0.478 e. The fraction of sp³-hybridized carbons (Fsp3) is 0. The van der Waals surface area contributed by atoms with Gasteiger partial charge in [0.1, 0.15) is 0 Å². The van der Waals surface area contributed by atoms with Crippen molar-refractivity contribution in [1.29, 1.82) is 0 Å².